The minimum atomic E-state index is -0.0639. The average molecular weight is 266 g/mol. The molecule has 5 heteroatoms. The van der Waals surface area contributed by atoms with Crippen molar-refractivity contribution in [1.29, 1.82) is 0 Å². The number of carbonyl (C=O) groups is 1. The number of aromatic nitrogens is 1. The van der Waals surface area contributed by atoms with Gasteiger partial charge in [0.15, 0.2) is 0 Å². The fourth-order valence-corrected chi connectivity index (χ4v) is 2.60. The van der Waals surface area contributed by atoms with Crippen LogP contribution in [0.25, 0.3) is 0 Å². The van der Waals surface area contributed by atoms with Crippen LogP contribution in [0.15, 0.2) is 4.52 Å². The fourth-order valence-electron chi connectivity index (χ4n) is 2.60. The Morgan fingerprint density at radius 3 is 2.95 bits per heavy atom. The first-order valence-corrected chi connectivity index (χ1v) is 6.92. The lowest BCUT2D eigenvalue weighted by atomic mass is 9.97. The molecule has 1 atom stereocenters. The van der Waals surface area contributed by atoms with Crippen molar-refractivity contribution in [3.63, 3.8) is 0 Å². The van der Waals surface area contributed by atoms with Crippen molar-refractivity contribution in [3.05, 3.63) is 17.0 Å². The predicted molar refractivity (Wildman–Crippen MR) is 70.6 cm³/mol. The first-order valence-electron chi connectivity index (χ1n) is 6.92. The van der Waals surface area contributed by atoms with E-state index >= 15 is 0 Å². The normalized spacial score (nSPS) is 20.5. The topological polar surface area (TPSA) is 55.6 Å². The zero-order chi connectivity index (χ0) is 13.8. The van der Waals surface area contributed by atoms with Crippen LogP contribution in [0.1, 0.15) is 36.8 Å². The van der Waals surface area contributed by atoms with Gasteiger partial charge in [0, 0.05) is 18.7 Å². The molecule has 0 radical (unpaired) electrons. The maximum absolute atomic E-state index is 11.8. The van der Waals surface area contributed by atoms with E-state index in [1.165, 1.54) is 0 Å². The number of nitrogens with zero attached hydrogens (tertiary/aromatic N) is 2. The van der Waals surface area contributed by atoms with Crippen molar-refractivity contribution in [2.24, 2.45) is 5.92 Å². The van der Waals surface area contributed by atoms with Gasteiger partial charge in [-0.1, -0.05) is 5.16 Å². The largest absolute Gasteiger partial charge is 0.466 e. The van der Waals surface area contributed by atoms with Crippen LogP contribution in [0.5, 0.6) is 0 Å². The molecular weight excluding hydrogens is 244 g/mol. The number of likely N-dealkylation sites (tertiary alicyclic amines) is 1. The Hall–Kier alpha value is -1.36. The van der Waals surface area contributed by atoms with Gasteiger partial charge in [-0.3, -0.25) is 9.69 Å². The molecule has 2 rings (SSSR count). The molecule has 1 aliphatic heterocycles. The van der Waals surface area contributed by atoms with Crippen molar-refractivity contribution >= 4 is 5.97 Å². The van der Waals surface area contributed by atoms with Gasteiger partial charge in [-0.15, -0.1) is 0 Å². The molecule has 1 fully saturated rings. The Labute approximate surface area is 113 Å². The van der Waals surface area contributed by atoms with Gasteiger partial charge in [0.1, 0.15) is 5.76 Å². The summed E-state index contributed by atoms with van der Waals surface area (Å²) in [4.78, 5) is 14.1. The van der Waals surface area contributed by atoms with Gasteiger partial charge in [-0.2, -0.15) is 0 Å². The third kappa shape index (κ3) is 3.35. The first-order chi connectivity index (χ1) is 9.11. The van der Waals surface area contributed by atoms with Gasteiger partial charge in [0.2, 0.25) is 0 Å². The second kappa shape index (κ2) is 6.19. The smallest absolute Gasteiger partial charge is 0.310 e. The Kier molecular flexibility index (Phi) is 4.58. The van der Waals surface area contributed by atoms with Crippen LogP contribution in [0.2, 0.25) is 0 Å². The fraction of sp³-hybridized carbons (Fsp3) is 0.714. The van der Waals surface area contributed by atoms with Crippen molar-refractivity contribution in [2.45, 2.75) is 40.2 Å². The lowest BCUT2D eigenvalue weighted by Crippen LogP contribution is -2.39. The molecule has 5 nitrogen and oxygen atoms in total. The highest BCUT2D eigenvalue weighted by Gasteiger charge is 2.27. The van der Waals surface area contributed by atoms with E-state index in [-0.39, 0.29) is 11.9 Å². The summed E-state index contributed by atoms with van der Waals surface area (Å²) in [5, 5.41) is 3.97. The molecule has 19 heavy (non-hydrogen) atoms. The van der Waals surface area contributed by atoms with Crippen molar-refractivity contribution in [3.8, 4) is 0 Å². The van der Waals surface area contributed by atoms with Gasteiger partial charge >= 0.3 is 5.97 Å². The monoisotopic (exact) mass is 266 g/mol. The molecule has 106 valence electrons. The van der Waals surface area contributed by atoms with E-state index in [4.69, 9.17) is 9.26 Å². The summed E-state index contributed by atoms with van der Waals surface area (Å²) < 4.78 is 10.3. The highest BCUT2D eigenvalue weighted by atomic mass is 16.5. The van der Waals surface area contributed by atoms with Gasteiger partial charge in [-0.05, 0) is 40.2 Å². The summed E-state index contributed by atoms with van der Waals surface area (Å²) in [5.74, 6) is 0.816. The van der Waals surface area contributed by atoms with Crippen LogP contribution in [-0.2, 0) is 16.1 Å². The van der Waals surface area contributed by atoms with Gasteiger partial charge in [-0.25, -0.2) is 0 Å². The van der Waals surface area contributed by atoms with Crippen LogP contribution in [0.4, 0.5) is 0 Å². The second-order valence-electron chi connectivity index (χ2n) is 5.13. The molecule has 0 N–H and O–H groups in total. The van der Waals surface area contributed by atoms with Crippen molar-refractivity contribution in [2.75, 3.05) is 19.7 Å². The van der Waals surface area contributed by atoms with Gasteiger partial charge < -0.3 is 9.26 Å². The lowest BCUT2D eigenvalue weighted by Gasteiger charge is -2.31. The van der Waals surface area contributed by atoms with E-state index in [1.54, 1.807) is 0 Å². The van der Waals surface area contributed by atoms with Crippen LogP contribution in [0, 0.1) is 19.8 Å². The molecule has 0 spiro atoms. The Morgan fingerprint density at radius 1 is 1.53 bits per heavy atom. The van der Waals surface area contributed by atoms with Crippen molar-refractivity contribution in [1.82, 2.24) is 10.1 Å². The molecule has 1 aromatic rings. The first kappa shape index (κ1) is 14.1. The molecule has 0 aromatic carbocycles. The number of carbonyl (C=O) groups excluding carboxylic acids is 1. The Morgan fingerprint density at radius 2 is 2.32 bits per heavy atom. The van der Waals surface area contributed by atoms with Crippen LogP contribution >= 0.6 is 0 Å². The predicted octanol–water partition coefficient (Wildman–Crippen LogP) is 2.07. The molecule has 2 heterocycles. The van der Waals surface area contributed by atoms with Crippen LogP contribution < -0.4 is 0 Å². The molecule has 0 aliphatic carbocycles. The van der Waals surface area contributed by atoms with Gasteiger partial charge in [0.05, 0.1) is 18.2 Å². The maximum Gasteiger partial charge on any atom is 0.310 e. The third-order valence-corrected chi connectivity index (χ3v) is 3.69. The summed E-state index contributed by atoms with van der Waals surface area (Å²) in [6, 6.07) is 0. The number of esters is 1. The minimum Gasteiger partial charge on any atom is -0.466 e. The highest BCUT2D eigenvalue weighted by molar-refractivity contribution is 5.72. The van der Waals surface area contributed by atoms with E-state index in [0.717, 1.165) is 49.5 Å². The highest BCUT2D eigenvalue weighted by Crippen LogP contribution is 2.22. The summed E-state index contributed by atoms with van der Waals surface area (Å²) >= 11 is 0. The molecule has 1 aromatic heterocycles. The molecule has 0 saturated carbocycles. The summed E-state index contributed by atoms with van der Waals surface area (Å²) in [6.07, 6.45) is 1.96. The molecule has 1 saturated heterocycles. The van der Waals surface area contributed by atoms with E-state index in [1.807, 2.05) is 20.8 Å². The number of ether oxygens (including phenoxy) is 1. The number of piperidine rings is 1. The van der Waals surface area contributed by atoms with E-state index in [0.29, 0.717) is 6.61 Å². The summed E-state index contributed by atoms with van der Waals surface area (Å²) in [7, 11) is 0. The minimum absolute atomic E-state index is 0.00849. The van der Waals surface area contributed by atoms with Crippen LogP contribution in [-0.4, -0.2) is 35.7 Å². The molecule has 1 aliphatic rings. The third-order valence-electron chi connectivity index (χ3n) is 3.69. The van der Waals surface area contributed by atoms with Crippen LogP contribution in [0.3, 0.4) is 0 Å². The summed E-state index contributed by atoms with van der Waals surface area (Å²) in [5.41, 5.74) is 2.08. The molecule has 0 amide bonds. The van der Waals surface area contributed by atoms with Crippen molar-refractivity contribution < 1.29 is 14.1 Å². The molecular formula is C14H22N2O3. The Bertz CT molecular complexity index is 422. The standard InChI is InChI=1S/C14H22N2O3/c1-4-18-14(17)12-6-5-7-16(8-12)9-13-10(2)15-19-11(13)3/h12H,4-9H2,1-3H3/t12-/m0/s1. The number of rotatable bonds is 4. The lowest BCUT2D eigenvalue weighted by molar-refractivity contribution is -0.150. The zero-order valence-electron chi connectivity index (χ0n) is 11.9. The number of hydrogen-bond acceptors (Lipinski definition) is 5. The average Bonchev–Trinajstić information content (AvgIpc) is 2.71. The molecule has 0 bridgehead atoms. The SMILES string of the molecule is CCOC(=O)[C@H]1CCCN(Cc2c(C)noc2C)C1. The quantitative estimate of drug-likeness (QED) is 0.781. The second-order valence-corrected chi connectivity index (χ2v) is 5.13. The number of hydrogen-bond donors (Lipinski definition) is 0. The van der Waals surface area contributed by atoms with Gasteiger partial charge in [0.25, 0.3) is 0 Å². The maximum atomic E-state index is 11.8. The van der Waals surface area contributed by atoms with E-state index < -0.39 is 0 Å². The Balaban J connectivity index is 1.96. The molecule has 0 unspecified atom stereocenters. The van der Waals surface area contributed by atoms with E-state index in [2.05, 4.69) is 10.1 Å². The zero-order valence-corrected chi connectivity index (χ0v) is 11.9. The summed E-state index contributed by atoms with van der Waals surface area (Å²) in [6.45, 7) is 8.78. The number of aryl methyl sites for hydroxylation is 2. The van der Waals surface area contributed by atoms with E-state index in [9.17, 15) is 4.79 Å².